The van der Waals surface area contributed by atoms with Crippen LogP contribution in [0.5, 0.6) is 5.88 Å². The summed E-state index contributed by atoms with van der Waals surface area (Å²) in [4.78, 5) is 30.2. The van der Waals surface area contributed by atoms with Crippen molar-refractivity contribution in [3.63, 3.8) is 0 Å². The number of nitrogens with one attached hydrogen (secondary N) is 3. The Labute approximate surface area is 257 Å². The number of carbonyl (C=O) groups excluding carboxylic acids is 1. The molecule has 1 aliphatic carbocycles. The Morgan fingerprint density at radius 2 is 1.88 bits per heavy atom. The molecule has 0 radical (unpaired) electrons. The average molecular weight is 634 g/mol. The summed E-state index contributed by atoms with van der Waals surface area (Å²) in [5.41, 5.74) is 1.34. The SMILES string of the molecule is COc1ccc(C(c2ccc(Cl)cc2)C(NC(=O)O)C(=O)N[C@H]2CCC[C@@H]2CC[C@H]2CN[C@@H]3CCCS(=O)(=O)N2C3)cn1. The number of pyridine rings is 1. The van der Waals surface area contributed by atoms with E-state index >= 15 is 0 Å². The molecule has 3 heterocycles. The molecule has 3 aliphatic rings. The number of hydrogen-bond donors (Lipinski definition) is 4. The van der Waals surface area contributed by atoms with Crippen LogP contribution in [0.25, 0.3) is 0 Å². The van der Waals surface area contributed by atoms with Crippen molar-refractivity contribution in [1.82, 2.24) is 25.2 Å². The third-order valence-corrected chi connectivity index (χ3v) is 11.3. The number of rotatable bonds is 10. The fraction of sp³-hybridized carbons (Fsp3) is 0.567. The molecule has 2 bridgehead atoms. The van der Waals surface area contributed by atoms with Crippen molar-refractivity contribution in [2.45, 2.75) is 75.0 Å². The van der Waals surface area contributed by atoms with Gasteiger partial charge < -0.3 is 25.8 Å². The van der Waals surface area contributed by atoms with Crippen LogP contribution in [-0.4, -0.2) is 84.9 Å². The Morgan fingerprint density at radius 3 is 2.58 bits per heavy atom. The zero-order valence-corrected chi connectivity index (χ0v) is 25.8. The molecule has 1 aromatic heterocycles. The molecule has 2 saturated heterocycles. The van der Waals surface area contributed by atoms with E-state index in [9.17, 15) is 23.1 Å². The Morgan fingerprint density at radius 1 is 1.12 bits per heavy atom. The number of piperazine rings is 1. The van der Waals surface area contributed by atoms with Gasteiger partial charge in [0.05, 0.1) is 12.9 Å². The van der Waals surface area contributed by atoms with E-state index < -0.39 is 34.0 Å². The van der Waals surface area contributed by atoms with Gasteiger partial charge in [-0.1, -0.05) is 36.2 Å². The van der Waals surface area contributed by atoms with Gasteiger partial charge in [0.15, 0.2) is 0 Å². The third-order valence-electron chi connectivity index (χ3n) is 9.07. The number of ether oxygens (including phenoxy) is 1. The summed E-state index contributed by atoms with van der Waals surface area (Å²) < 4.78 is 32.7. The number of fused-ring (bicyclic) bond motifs is 2. The second-order valence-electron chi connectivity index (χ2n) is 11.8. The monoisotopic (exact) mass is 633 g/mol. The number of methoxy groups -OCH3 is 1. The topological polar surface area (TPSA) is 150 Å². The van der Waals surface area contributed by atoms with E-state index in [4.69, 9.17) is 16.3 Å². The van der Waals surface area contributed by atoms with Crippen molar-refractivity contribution < 1.29 is 27.9 Å². The number of aromatic nitrogens is 1. The first-order chi connectivity index (χ1) is 20.6. The quantitative estimate of drug-likeness (QED) is 0.311. The van der Waals surface area contributed by atoms with Crippen molar-refractivity contribution >= 4 is 33.6 Å². The summed E-state index contributed by atoms with van der Waals surface area (Å²) in [5.74, 6) is -0.344. The number of halogens is 1. The van der Waals surface area contributed by atoms with Gasteiger partial charge in [0.1, 0.15) is 6.04 Å². The molecule has 2 aliphatic heterocycles. The van der Waals surface area contributed by atoms with Crippen LogP contribution in [0.3, 0.4) is 0 Å². The predicted molar refractivity (Wildman–Crippen MR) is 163 cm³/mol. The van der Waals surface area contributed by atoms with Crippen molar-refractivity contribution in [2.75, 3.05) is 26.0 Å². The number of amides is 2. The van der Waals surface area contributed by atoms with Crippen LogP contribution in [0.1, 0.15) is 62.0 Å². The van der Waals surface area contributed by atoms with Crippen LogP contribution in [-0.2, 0) is 14.8 Å². The number of sulfonamides is 1. The Balaban J connectivity index is 1.32. The summed E-state index contributed by atoms with van der Waals surface area (Å²) in [6.45, 7) is 1.16. The van der Waals surface area contributed by atoms with Gasteiger partial charge in [-0.05, 0) is 67.7 Å². The highest BCUT2D eigenvalue weighted by Gasteiger charge is 2.40. The summed E-state index contributed by atoms with van der Waals surface area (Å²) in [6.07, 6.45) is 5.92. The Bertz CT molecular complexity index is 1380. The van der Waals surface area contributed by atoms with Gasteiger partial charge in [0, 0.05) is 54.4 Å². The molecule has 0 spiro atoms. The molecule has 7 atom stereocenters. The largest absolute Gasteiger partial charge is 0.481 e. The normalized spacial score (nSPS) is 27.8. The van der Waals surface area contributed by atoms with Crippen LogP contribution in [0.15, 0.2) is 42.6 Å². The van der Waals surface area contributed by atoms with Gasteiger partial charge >= 0.3 is 6.09 Å². The van der Waals surface area contributed by atoms with Gasteiger partial charge in [0.25, 0.3) is 0 Å². The van der Waals surface area contributed by atoms with E-state index in [-0.39, 0.29) is 29.8 Å². The summed E-state index contributed by atoms with van der Waals surface area (Å²) >= 11 is 6.14. The molecule has 3 unspecified atom stereocenters. The van der Waals surface area contributed by atoms with E-state index in [1.54, 1.807) is 46.9 Å². The van der Waals surface area contributed by atoms with Crippen molar-refractivity contribution in [3.05, 3.63) is 58.7 Å². The second kappa shape index (κ2) is 13.8. The van der Waals surface area contributed by atoms with Gasteiger partial charge in [-0.25, -0.2) is 18.2 Å². The third kappa shape index (κ3) is 7.60. The number of benzene rings is 1. The van der Waals surface area contributed by atoms with Crippen LogP contribution < -0.4 is 20.7 Å². The van der Waals surface area contributed by atoms with Crippen molar-refractivity contribution in [1.29, 1.82) is 0 Å². The molecule has 1 saturated carbocycles. The molecule has 43 heavy (non-hydrogen) atoms. The van der Waals surface area contributed by atoms with E-state index in [0.29, 0.717) is 48.0 Å². The van der Waals surface area contributed by atoms with Crippen LogP contribution in [0, 0.1) is 5.92 Å². The van der Waals surface area contributed by atoms with Crippen molar-refractivity contribution in [3.8, 4) is 5.88 Å². The molecular weight excluding hydrogens is 594 g/mol. The maximum atomic E-state index is 13.9. The molecule has 11 nitrogen and oxygen atoms in total. The van der Waals surface area contributed by atoms with Crippen LogP contribution in [0.4, 0.5) is 4.79 Å². The molecule has 4 N–H and O–H groups in total. The summed E-state index contributed by atoms with van der Waals surface area (Å²) in [6, 6.07) is 9.23. The number of carbonyl (C=O) groups is 2. The van der Waals surface area contributed by atoms with E-state index in [1.807, 2.05) is 0 Å². The first-order valence-electron chi connectivity index (χ1n) is 14.9. The summed E-state index contributed by atoms with van der Waals surface area (Å²) in [5, 5.41) is 19.4. The lowest BCUT2D eigenvalue weighted by molar-refractivity contribution is -0.124. The van der Waals surface area contributed by atoms with Crippen LogP contribution in [0.2, 0.25) is 5.02 Å². The van der Waals surface area contributed by atoms with Gasteiger partial charge in [-0.15, -0.1) is 0 Å². The predicted octanol–water partition coefficient (Wildman–Crippen LogP) is 3.34. The zero-order chi connectivity index (χ0) is 30.6. The molecule has 13 heteroatoms. The standard InChI is InChI=1S/C30H40ClN5O6S/c1-42-26-14-10-21(16-33-26)27(20-7-11-22(31)12-8-20)28(35-30(38)39)29(37)34-25-6-2-4-19(25)9-13-24-17-32-23-5-3-15-43(40,41)36(24)18-23/h7-8,10-12,14,16,19,23-25,27-28,32,35H,2-6,9,13,15,17-18H2,1H3,(H,34,37)(H,38,39)/t19-,23-,24+,25+,27?,28?/m1/s1. The fourth-order valence-corrected chi connectivity index (χ4v) is 8.81. The molecule has 3 fully saturated rings. The number of nitrogens with zero attached hydrogens (tertiary/aromatic N) is 2. The minimum atomic E-state index is -3.27. The van der Waals surface area contributed by atoms with Crippen LogP contribution >= 0.6 is 11.6 Å². The Kier molecular flexibility index (Phi) is 10.1. The van der Waals surface area contributed by atoms with E-state index in [1.165, 1.54) is 7.11 Å². The zero-order valence-electron chi connectivity index (χ0n) is 24.2. The van der Waals surface area contributed by atoms with Gasteiger partial charge in [0.2, 0.25) is 21.8 Å². The highest BCUT2D eigenvalue weighted by atomic mass is 35.5. The lowest BCUT2D eigenvalue weighted by Gasteiger charge is -2.38. The van der Waals surface area contributed by atoms with Gasteiger partial charge in [-0.2, -0.15) is 4.31 Å². The average Bonchev–Trinajstić information content (AvgIpc) is 3.38. The first-order valence-corrected chi connectivity index (χ1v) is 16.9. The highest BCUT2D eigenvalue weighted by Crippen LogP contribution is 2.34. The molecule has 1 aromatic carbocycles. The second-order valence-corrected chi connectivity index (χ2v) is 14.2. The maximum Gasteiger partial charge on any atom is 0.405 e. The van der Waals surface area contributed by atoms with E-state index in [0.717, 1.165) is 32.1 Å². The minimum absolute atomic E-state index is 0.102. The number of hydrogen-bond acceptors (Lipinski definition) is 7. The number of carboxylic acid groups (broad SMARTS) is 1. The first kappa shape index (κ1) is 31.5. The lowest BCUT2D eigenvalue weighted by atomic mass is 9.85. The molecule has 234 valence electrons. The fourth-order valence-electron chi connectivity index (χ4n) is 6.87. The molecule has 2 aromatic rings. The maximum absolute atomic E-state index is 13.9. The molecule has 2 amide bonds. The van der Waals surface area contributed by atoms with Gasteiger partial charge in [-0.3, -0.25) is 4.79 Å². The highest BCUT2D eigenvalue weighted by molar-refractivity contribution is 7.89. The molecular formula is C30H40ClN5O6S. The summed E-state index contributed by atoms with van der Waals surface area (Å²) in [7, 11) is -1.77. The Hall–Kier alpha value is -2.93. The van der Waals surface area contributed by atoms with E-state index in [2.05, 4.69) is 20.9 Å². The smallest absolute Gasteiger partial charge is 0.405 e. The lowest BCUT2D eigenvalue weighted by Crippen LogP contribution is -2.57. The molecule has 5 rings (SSSR count). The minimum Gasteiger partial charge on any atom is -0.481 e. The van der Waals surface area contributed by atoms with Crippen molar-refractivity contribution in [2.24, 2.45) is 5.92 Å².